The van der Waals surface area contributed by atoms with Crippen LogP contribution in [0, 0.1) is 0 Å². The molecule has 0 aromatic heterocycles. The zero-order valence-corrected chi connectivity index (χ0v) is 11.8. The van der Waals surface area contributed by atoms with Gasteiger partial charge in [-0.3, -0.25) is 9.59 Å². The van der Waals surface area contributed by atoms with Gasteiger partial charge in [-0.25, -0.2) is 4.21 Å². The third-order valence-electron chi connectivity index (χ3n) is 2.48. The number of rotatable bonds is 5. The van der Waals surface area contributed by atoms with Crippen LogP contribution in [0.5, 0.6) is 0 Å². The van der Waals surface area contributed by atoms with Gasteiger partial charge < -0.3 is 11.1 Å². The lowest BCUT2D eigenvalue weighted by atomic mass is 10.1. The second-order valence-corrected chi connectivity index (χ2v) is 5.55. The van der Waals surface area contributed by atoms with E-state index in [4.69, 9.17) is 5.73 Å². The van der Waals surface area contributed by atoms with Crippen molar-refractivity contribution in [2.45, 2.75) is 23.7 Å². The smallest absolute Gasteiger partial charge is 0.368 e. The number of primary amides is 1. The average molecular weight is 322 g/mol. The molecular formula is C12H13F3N2O3S. The van der Waals surface area contributed by atoms with Crippen molar-refractivity contribution in [3.63, 3.8) is 0 Å². The van der Waals surface area contributed by atoms with Gasteiger partial charge in [-0.2, -0.15) is 13.2 Å². The Hall–Kier alpha value is -1.90. The second-order valence-electron chi connectivity index (χ2n) is 4.08. The molecule has 116 valence electrons. The normalized spacial score (nSPS) is 12.8. The third-order valence-corrected chi connectivity index (χ3v) is 3.57. The monoisotopic (exact) mass is 322 g/mol. The topological polar surface area (TPSA) is 89.3 Å². The Morgan fingerprint density at radius 1 is 1.29 bits per heavy atom. The van der Waals surface area contributed by atoms with E-state index in [1.54, 1.807) is 6.92 Å². The Balaban J connectivity index is 3.14. The number of aryl methyl sites for hydroxylation is 1. The minimum absolute atomic E-state index is 0.108. The molecule has 3 N–H and O–H groups in total. The average Bonchev–Trinajstić information content (AvgIpc) is 2.42. The number of hydrogen-bond donors (Lipinski definition) is 2. The van der Waals surface area contributed by atoms with Gasteiger partial charge >= 0.3 is 5.51 Å². The molecule has 5 nitrogen and oxygen atoms in total. The van der Waals surface area contributed by atoms with Gasteiger partial charge in [0.1, 0.15) is 0 Å². The van der Waals surface area contributed by atoms with Gasteiger partial charge in [0.15, 0.2) is 10.8 Å². The van der Waals surface area contributed by atoms with Gasteiger partial charge in [0.05, 0.1) is 6.54 Å². The summed E-state index contributed by atoms with van der Waals surface area (Å²) in [6.07, 6.45) is 0.360. The number of nitrogens with one attached hydrogen (secondary N) is 1. The quantitative estimate of drug-likeness (QED) is 0.850. The number of hydrogen-bond acceptors (Lipinski definition) is 3. The Morgan fingerprint density at radius 3 is 2.38 bits per heavy atom. The SMILES string of the molecule is CCc1cc(C(=O)NCC(N)=O)cc(S(=O)C(F)(F)F)c1. The molecule has 0 saturated carbocycles. The molecule has 0 radical (unpaired) electrons. The van der Waals surface area contributed by atoms with E-state index >= 15 is 0 Å². The van der Waals surface area contributed by atoms with Crippen molar-refractivity contribution in [3.05, 3.63) is 29.3 Å². The molecule has 0 heterocycles. The molecule has 1 atom stereocenters. The number of halogens is 3. The molecule has 0 aliphatic heterocycles. The van der Waals surface area contributed by atoms with E-state index in [9.17, 15) is 27.0 Å². The van der Waals surface area contributed by atoms with Gasteiger partial charge in [-0.15, -0.1) is 0 Å². The maximum atomic E-state index is 12.5. The van der Waals surface area contributed by atoms with Crippen LogP contribution in [-0.4, -0.2) is 28.1 Å². The number of carbonyl (C=O) groups excluding carboxylic acids is 2. The molecule has 1 unspecified atom stereocenters. The highest BCUT2D eigenvalue weighted by Crippen LogP contribution is 2.27. The van der Waals surface area contributed by atoms with E-state index in [0.717, 1.165) is 12.1 Å². The predicted octanol–water partition coefficient (Wildman–Crippen LogP) is 1.09. The molecule has 0 bridgehead atoms. The standard InChI is InChI=1S/C12H13F3N2O3S/c1-2-7-3-8(11(19)17-6-10(16)18)5-9(4-7)21(20)12(13,14)15/h3-5H,2,6H2,1H3,(H2,16,18)(H,17,19). The summed E-state index contributed by atoms with van der Waals surface area (Å²) in [6, 6.07) is 3.39. The fraction of sp³-hybridized carbons (Fsp3) is 0.333. The van der Waals surface area contributed by atoms with Crippen LogP contribution < -0.4 is 11.1 Å². The lowest BCUT2D eigenvalue weighted by molar-refractivity contribution is -0.117. The summed E-state index contributed by atoms with van der Waals surface area (Å²) in [4.78, 5) is 21.8. The summed E-state index contributed by atoms with van der Waals surface area (Å²) < 4.78 is 48.8. The van der Waals surface area contributed by atoms with E-state index < -0.39 is 39.6 Å². The molecule has 1 rings (SSSR count). The van der Waals surface area contributed by atoms with E-state index in [2.05, 4.69) is 5.32 Å². The first-order chi connectivity index (χ1) is 9.65. The van der Waals surface area contributed by atoms with Crippen LogP contribution in [-0.2, 0) is 22.0 Å². The van der Waals surface area contributed by atoms with Crippen molar-refractivity contribution in [2.75, 3.05) is 6.54 Å². The van der Waals surface area contributed by atoms with Crippen molar-refractivity contribution < 1.29 is 27.0 Å². The first-order valence-corrected chi connectivity index (χ1v) is 6.99. The van der Waals surface area contributed by atoms with E-state index in [1.807, 2.05) is 0 Å². The lowest BCUT2D eigenvalue weighted by Crippen LogP contribution is -2.33. The maximum Gasteiger partial charge on any atom is 0.475 e. The number of alkyl halides is 3. The van der Waals surface area contributed by atoms with Crippen molar-refractivity contribution >= 4 is 22.6 Å². The number of benzene rings is 1. The van der Waals surface area contributed by atoms with Gasteiger partial charge in [0.25, 0.3) is 5.91 Å². The van der Waals surface area contributed by atoms with E-state index in [1.165, 1.54) is 6.07 Å². The summed E-state index contributed by atoms with van der Waals surface area (Å²) in [7, 11) is -3.22. The zero-order chi connectivity index (χ0) is 16.2. The fourth-order valence-electron chi connectivity index (χ4n) is 1.51. The highest BCUT2D eigenvalue weighted by atomic mass is 32.2. The molecule has 2 amide bonds. The van der Waals surface area contributed by atoms with Gasteiger partial charge in [0, 0.05) is 10.5 Å². The number of amides is 2. The molecule has 21 heavy (non-hydrogen) atoms. The van der Waals surface area contributed by atoms with Gasteiger partial charge in [0.2, 0.25) is 5.91 Å². The summed E-state index contributed by atoms with van der Waals surface area (Å²) >= 11 is 0. The zero-order valence-electron chi connectivity index (χ0n) is 11.0. The Morgan fingerprint density at radius 2 is 1.90 bits per heavy atom. The van der Waals surface area contributed by atoms with Crippen LogP contribution in [0.1, 0.15) is 22.8 Å². The van der Waals surface area contributed by atoms with Crippen LogP contribution in [0.2, 0.25) is 0 Å². The summed E-state index contributed by atoms with van der Waals surface area (Å²) in [5.74, 6) is -1.54. The van der Waals surface area contributed by atoms with Crippen LogP contribution in [0.3, 0.4) is 0 Å². The molecule has 0 aliphatic carbocycles. The van der Waals surface area contributed by atoms with Crippen LogP contribution in [0.15, 0.2) is 23.1 Å². The maximum absolute atomic E-state index is 12.5. The Labute approximate surface area is 121 Å². The Kier molecular flexibility index (Phi) is 5.47. The predicted molar refractivity (Wildman–Crippen MR) is 69.8 cm³/mol. The first-order valence-electron chi connectivity index (χ1n) is 5.84. The molecule has 0 spiro atoms. The fourth-order valence-corrected chi connectivity index (χ4v) is 2.27. The van der Waals surface area contributed by atoms with Crippen LogP contribution in [0.25, 0.3) is 0 Å². The van der Waals surface area contributed by atoms with Gasteiger partial charge in [-0.1, -0.05) is 6.92 Å². The molecule has 1 aromatic carbocycles. The van der Waals surface area contributed by atoms with Crippen molar-refractivity contribution in [2.24, 2.45) is 5.73 Å². The molecule has 0 saturated heterocycles. The number of nitrogens with two attached hydrogens (primary N) is 1. The van der Waals surface area contributed by atoms with Crippen LogP contribution >= 0.6 is 0 Å². The Bertz CT molecular complexity index is 588. The molecule has 1 aromatic rings. The largest absolute Gasteiger partial charge is 0.475 e. The molecule has 0 fully saturated rings. The third kappa shape index (κ3) is 4.85. The molecular weight excluding hydrogens is 309 g/mol. The minimum Gasteiger partial charge on any atom is -0.368 e. The highest BCUT2D eigenvalue weighted by Gasteiger charge is 2.38. The number of carbonyl (C=O) groups is 2. The van der Waals surface area contributed by atoms with Crippen LogP contribution in [0.4, 0.5) is 13.2 Å². The minimum atomic E-state index is -4.91. The second kappa shape index (κ2) is 6.70. The van der Waals surface area contributed by atoms with Crippen molar-refractivity contribution in [1.82, 2.24) is 5.32 Å². The highest BCUT2D eigenvalue weighted by molar-refractivity contribution is 7.86. The summed E-state index contributed by atoms with van der Waals surface area (Å²) in [5.41, 5.74) is 0.267. The molecule has 9 heteroatoms. The lowest BCUT2D eigenvalue weighted by Gasteiger charge is -2.10. The first kappa shape index (κ1) is 17.2. The van der Waals surface area contributed by atoms with E-state index in [0.29, 0.717) is 12.0 Å². The summed E-state index contributed by atoms with van der Waals surface area (Å²) in [5, 5.41) is 2.16. The van der Waals surface area contributed by atoms with Crippen molar-refractivity contribution in [1.29, 1.82) is 0 Å². The van der Waals surface area contributed by atoms with Gasteiger partial charge in [-0.05, 0) is 30.2 Å². The molecule has 0 aliphatic rings. The summed E-state index contributed by atoms with van der Waals surface area (Å²) in [6.45, 7) is 1.24. The van der Waals surface area contributed by atoms with Crippen molar-refractivity contribution in [3.8, 4) is 0 Å². The van der Waals surface area contributed by atoms with E-state index in [-0.39, 0.29) is 5.56 Å².